The molecule has 9 heteroatoms. The molecule has 0 saturated carbocycles. The molecule has 0 aliphatic carbocycles. The lowest BCUT2D eigenvalue weighted by atomic mass is 10.1. The van der Waals surface area contributed by atoms with Gasteiger partial charge in [-0.2, -0.15) is 0 Å². The van der Waals surface area contributed by atoms with Crippen LogP contribution in [0.2, 0.25) is 0 Å². The first-order chi connectivity index (χ1) is 12.3. The van der Waals surface area contributed by atoms with Crippen LogP contribution in [0.1, 0.15) is 5.56 Å². The third-order valence-corrected chi connectivity index (χ3v) is 5.31. The highest BCUT2D eigenvalue weighted by molar-refractivity contribution is 7.89. The lowest BCUT2D eigenvalue weighted by molar-refractivity contribution is -0.115. The quantitative estimate of drug-likeness (QED) is 0.742. The van der Waals surface area contributed by atoms with Gasteiger partial charge in [-0.1, -0.05) is 10.5 Å². The van der Waals surface area contributed by atoms with Crippen LogP contribution in [-0.4, -0.2) is 40.1 Å². The number of halogens is 1. The number of carbonyl (C=O) groups excluding carboxylic acids is 1. The second kappa shape index (κ2) is 8.26. The van der Waals surface area contributed by atoms with E-state index in [1.807, 2.05) is 0 Å². The van der Waals surface area contributed by atoms with Crippen LogP contribution in [0.15, 0.2) is 47.4 Å². The molecule has 0 aromatic heterocycles. The summed E-state index contributed by atoms with van der Waals surface area (Å²) < 4.78 is 43.4. The zero-order valence-electron chi connectivity index (χ0n) is 14.5. The van der Waals surface area contributed by atoms with E-state index in [0.717, 1.165) is 4.47 Å². The Bertz CT molecular complexity index is 885. The highest BCUT2D eigenvalue weighted by atomic mass is 32.2. The van der Waals surface area contributed by atoms with Crippen LogP contribution < -0.4 is 10.1 Å². The van der Waals surface area contributed by atoms with E-state index in [2.05, 4.69) is 5.32 Å². The molecule has 2 rings (SSSR count). The minimum atomic E-state index is -3.75. The average molecular weight is 382 g/mol. The SMILES string of the molecule is COc1ccc(CC(=O)Nc2ccc(S(=O)(=O)N(C)OC)cc2)cc1F. The Morgan fingerprint density at radius 3 is 2.35 bits per heavy atom. The van der Waals surface area contributed by atoms with Gasteiger partial charge in [0.1, 0.15) is 0 Å². The number of hydrogen-bond acceptors (Lipinski definition) is 5. The highest BCUT2D eigenvalue weighted by Crippen LogP contribution is 2.19. The van der Waals surface area contributed by atoms with Gasteiger partial charge in [-0.3, -0.25) is 9.63 Å². The lowest BCUT2D eigenvalue weighted by Crippen LogP contribution is -2.25. The van der Waals surface area contributed by atoms with E-state index in [4.69, 9.17) is 9.57 Å². The molecule has 0 atom stereocenters. The summed E-state index contributed by atoms with van der Waals surface area (Å²) in [6, 6.07) is 9.91. The number of methoxy groups -OCH3 is 1. The predicted octanol–water partition coefficient (Wildman–Crippen LogP) is 2.20. The summed E-state index contributed by atoms with van der Waals surface area (Å²) in [4.78, 5) is 16.8. The average Bonchev–Trinajstić information content (AvgIpc) is 2.61. The van der Waals surface area contributed by atoms with Gasteiger partial charge >= 0.3 is 0 Å². The molecule has 0 fully saturated rings. The molecule has 2 aromatic rings. The summed E-state index contributed by atoms with van der Waals surface area (Å²) in [5, 5.41) is 2.63. The molecule has 1 amide bonds. The number of nitrogens with one attached hydrogen (secondary N) is 1. The van der Waals surface area contributed by atoms with Crippen LogP contribution >= 0.6 is 0 Å². The molecule has 0 heterocycles. The van der Waals surface area contributed by atoms with Gasteiger partial charge in [0.15, 0.2) is 11.6 Å². The molecule has 0 aliphatic heterocycles. The van der Waals surface area contributed by atoms with Gasteiger partial charge in [0.25, 0.3) is 10.0 Å². The number of ether oxygens (including phenoxy) is 1. The van der Waals surface area contributed by atoms with Crippen molar-refractivity contribution in [3.8, 4) is 5.75 Å². The largest absolute Gasteiger partial charge is 0.494 e. The molecule has 1 N–H and O–H groups in total. The van der Waals surface area contributed by atoms with Crippen LogP contribution in [0.25, 0.3) is 0 Å². The minimum absolute atomic E-state index is 0.0251. The number of hydrogen-bond donors (Lipinski definition) is 1. The zero-order valence-corrected chi connectivity index (χ0v) is 15.3. The fraction of sp³-hybridized carbons (Fsp3) is 0.235. The summed E-state index contributed by atoms with van der Waals surface area (Å²) in [6.07, 6.45) is -0.0343. The van der Waals surface area contributed by atoms with Crippen molar-refractivity contribution >= 4 is 21.6 Å². The Kier molecular flexibility index (Phi) is 6.30. The summed E-state index contributed by atoms with van der Waals surface area (Å²) in [5.41, 5.74) is 0.907. The Labute approximate surface area is 151 Å². The molecule has 26 heavy (non-hydrogen) atoms. The molecule has 0 bridgehead atoms. The van der Waals surface area contributed by atoms with Gasteiger partial charge in [-0.25, -0.2) is 12.8 Å². The number of sulfonamides is 1. The zero-order chi connectivity index (χ0) is 19.3. The molecule has 0 aliphatic rings. The van der Waals surface area contributed by atoms with Gasteiger partial charge in [0, 0.05) is 12.7 Å². The summed E-state index contributed by atoms with van der Waals surface area (Å²) in [7, 11) is 0.132. The minimum Gasteiger partial charge on any atom is -0.494 e. The summed E-state index contributed by atoms with van der Waals surface area (Å²) >= 11 is 0. The fourth-order valence-electron chi connectivity index (χ4n) is 2.17. The molecule has 2 aromatic carbocycles. The lowest BCUT2D eigenvalue weighted by Gasteiger charge is -2.14. The second-order valence-electron chi connectivity index (χ2n) is 5.32. The highest BCUT2D eigenvalue weighted by Gasteiger charge is 2.20. The number of hydroxylamine groups is 1. The van der Waals surface area contributed by atoms with E-state index in [-0.39, 0.29) is 23.0 Å². The first-order valence-electron chi connectivity index (χ1n) is 7.53. The standard InChI is InChI=1S/C17H19FN2O5S/c1-20(25-3)26(22,23)14-7-5-13(6-8-14)19-17(21)11-12-4-9-16(24-2)15(18)10-12/h4-10H,11H2,1-3H3,(H,19,21). The molecular weight excluding hydrogens is 363 g/mol. The van der Waals surface area contributed by atoms with Crippen LogP contribution in [-0.2, 0) is 26.1 Å². The summed E-state index contributed by atoms with van der Waals surface area (Å²) in [5.74, 6) is -0.805. The number of benzene rings is 2. The van der Waals surface area contributed by atoms with Crippen molar-refractivity contribution in [2.75, 3.05) is 26.6 Å². The van der Waals surface area contributed by atoms with Gasteiger partial charge in [0.2, 0.25) is 5.91 Å². The van der Waals surface area contributed by atoms with Crippen molar-refractivity contribution in [1.82, 2.24) is 4.47 Å². The summed E-state index contributed by atoms with van der Waals surface area (Å²) in [6.45, 7) is 0. The number of amides is 1. The van der Waals surface area contributed by atoms with Crippen LogP contribution in [0.4, 0.5) is 10.1 Å². The smallest absolute Gasteiger partial charge is 0.264 e. The van der Waals surface area contributed by atoms with Crippen molar-refractivity contribution in [1.29, 1.82) is 0 Å². The molecule has 7 nitrogen and oxygen atoms in total. The van der Waals surface area contributed by atoms with Crippen LogP contribution in [0.3, 0.4) is 0 Å². The van der Waals surface area contributed by atoms with Crippen molar-refractivity contribution < 1.29 is 27.2 Å². The first-order valence-corrected chi connectivity index (χ1v) is 8.97. The van der Waals surface area contributed by atoms with E-state index in [9.17, 15) is 17.6 Å². The topological polar surface area (TPSA) is 84.9 Å². The molecular formula is C17H19FN2O5S. The van der Waals surface area contributed by atoms with E-state index in [1.54, 1.807) is 6.07 Å². The van der Waals surface area contributed by atoms with Crippen molar-refractivity contribution in [3.63, 3.8) is 0 Å². The maximum Gasteiger partial charge on any atom is 0.264 e. The van der Waals surface area contributed by atoms with E-state index >= 15 is 0 Å². The van der Waals surface area contributed by atoms with Crippen LogP contribution in [0.5, 0.6) is 5.75 Å². The number of rotatable bonds is 7. The Hall–Kier alpha value is -2.49. The fourth-order valence-corrected chi connectivity index (χ4v) is 3.14. The van der Waals surface area contributed by atoms with Gasteiger partial charge < -0.3 is 10.1 Å². The Morgan fingerprint density at radius 2 is 1.81 bits per heavy atom. The van der Waals surface area contributed by atoms with Crippen molar-refractivity contribution in [2.24, 2.45) is 0 Å². The molecule has 0 saturated heterocycles. The van der Waals surface area contributed by atoms with Crippen LogP contribution in [0, 0.1) is 5.82 Å². The van der Waals surface area contributed by atoms with E-state index in [1.165, 1.54) is 57.7 Å². The van der Waals surface area contributed by atoms with Crippen molar-refractivity contribution in [2.45, 2.75) is 11.3 Å². The Morgan fingerprint density at radius 1 is 1.15 bits per heavy atom. The maximum absolute atomic E-state index is 13.7. The predicted molar refractivity (Wildman–Crippen MR) is 93.7 cm³/mol. The second-order valence-corrected chi connectivity index (χ2v) is 7.25. The first kappa shape index (κ1) is 19.8. The van der Waals surface area contributed by atoms with Gasteiger partial charge in [-0.15, -0.1) is 0 Å². The Balaban J connectivity index is 2.05. The molecule has 0 spiro atoms. The van der Waals surface area contributed by atoms with E-state index in [0.29, 0.717) is 11.3 Å². The maximum atomic E-state index is 13.7. The third kappa shape index (κ3) is 4.57. The van der Waals surface area contributed by atoms with Gasteiger partial charge in [-0.05, 0) is 42.0 Å². The van der Waals surface area contributed by atoms with E-state index < -0.39 is 15.8 Å². The molecule has 140 valence electrons. The number of nitrogens with zero attached hydrogens (tertiary/aromatic N) is 1. The third-order valence-electron chi connectivity index (χ3n) is 3.61. The van der Waals surface area contributed by atoms with Crippen molar-refractivity contribution in [3.05, 3.63) is 53.8 Å². The number of carbonyl (C=O) groups is 1. The molecule has 0 radical (unpaired) electrons. The normalized spacial score (nSPS) is 11.4. The molecule has 0 unspecified atom stereocenters. The van der Waals surface area contributed by atoms with Gasteiger partial charge in [0.05, 0.1) is 25.5 Å². The number of anilines is 1. The monoisotopic (exact) mass is 382 g/mol.